The van der Waals surface area contributed by atoms with Crippen molar-refractivity contribution in [1.29, 1.82) is 0 Å². The number of sulfonamides is 1. The van der Waals surface area contributed by atoms with Gasteiger partial charge in [0.05, 0.1) is 17.0 Å². The van der Waals surface area contributed by atoms with E-state index in [0.717, 1.165) is 5.52 Å². The van der Waals surface area contributed by atoms with Gasteiger partial charge in [0, 0.05) is 43.3 Å². The lowest BCUT2D eigenvalue weighted by Crippen LogP contribution is -2.40. The Labute approximate surface area is 174 Å². The second-order valence-corrected chi connectivity index (χ2v) is 9.26. The monoisotopic (exact) mass is 429 g/mol. The van der Waals surface area contributed by atoms with E-state index in [0.29, 0.717) is 35.3 Å². The van der Waals surface area contributed by atoms with Crippen molar-refractivity contribution >= 4 is 32.6 Å². The van der Waals surface area contributed by atoms with E-state index in [9.17, 15) is 18.0 Å². The van der Waals surface area contributed by atoms with Gasteiger partial charge in [-0.15, -0.1) is 0 Å². The number of hydrogen-bond donors (Lipinski definition) is 2. The molecule has 10 heteroatoms. The Morgan fingerprint density at radius 1 is 1.07 bits per heavy atom. The fourth-order valence-corrected chi connectivity index (χ4v) is 5.71. The fourth-order valence-electron chi connectivity index (χ4n) is 3.91. The molecular formula is C20H23N5O4S. The molecule has 2 N–H and O–H groups in total. The molecule has 0 aliphatic carbocycles. The van der Waals surface area contributed by atoms with Gasteiger partial charge in [-0.2, -0.15) is 9.40 Å². The molecule has 1 aromatic carbocycles. The van der Waals surface area contributed by atoms with Crippen molar-refractivity contribution in [3.05, 3.63) is 47.4 Å². The maximum atomic E-state index is 13.1. The van der Waals surface area contributed by atoms with Crippen LogP contribution in [-0.4, -0.2) is 70.7 Å². The maximum absolute atomic E-state index is 13.1. The molecule has 0 spiro atoms. The number of nitrogens with zero attached hydrogens (tertiary/aromatic N) is 3. The molecule has 3 aromatic rings. The second kappa shape index (κ2) is 7.69. The molecule has 30 heavy (non-hydrogen) atoms. The number of ketones is 1. The van der Waals surface area contributed by atoms with Crippen molar-refractivity contribution in [2.24, 2.45) is 0 Å². The summed E-state index contributed by atoms with van der Waals surface area (Å²) in [7, 11) is -3.73. The predicted molar refractivity (Wildman–Crippen MR) is 111 cm³/mol. The van der Waals surface area contributed by atoms with Crippen LogP contribution in [0.5, 0.6) is 0 Å². The highest BCUT2D eigenvalue weighted by molar-refractivity contribution is 7.89. The molecule has 1 fully saturated rings. The Morgan fingerprint density at radius 3 is 2.57 bits per heavy atom. The van der Waals surface area contributed by atoms with E-state index in [1.165, 1.54) is 9.21 Å². The van der Waals surface area contributed by atoms with Gasteiger partial charge in [-0.3, -0.25) is 14.7 Å². The van der Waals surface area contributed by atoms with Crippen molar-refractivity contribution in [1.82, 2.24) is 24.4 Å². The van der Waals surface area contributed by atoms with Crippen molar-refractivity contribution in [3.63, 3.8) is 0 Å². The van der Waals surface area contributed by atoms with Crippen LogP contribution < -0.4 is 0 Å². The third-order valence-electron chi connectivity index (χ3n) is 5.43. The average Bonchev–Trinajstić information content (AvgIpc) is 3.20. The summed E-state index contributed by atoms with van der Waals surface area (Å²) in [6.45, 7) is 4.19. The summed E-state index contributed by atoms with van der Waals surface area (Å²) in [5.74, 6) is -1.21. The van der Waals surface area contributed by atoms with E-state index in [-0.39, 0.29) is 24.5 Å². The summed E-state index contributed by atoms with van der Waals surface area (Å²) in [6, 6.07) is 7.29. The summed E-state index contributed by atoms with van der Waals surface area (Å²) >= 11 is 0. The third kappa shape index (κ3) is 3.41. The van der Waals surface area contributed by atoms with Crippen LogP contribution in [0.2, 0.25) is 0 Å². The molecule has 9 nitrogen and oxygen atoms in total. The van der Waals surface area contributed by atoms with Crippen molar-refractivity contribution in [2.75, 3.05) is 26.2 Å². The number of benzene rings is 1. The predicted octanol–water partition coefficient (Wildman–Crippen LogP) is 1.61. The normalized spacial score (nSPS) is 16.0. The number of aromatic amines is 2. The van der Waals surface area contributed by atoms with Crippen molar-refractivity contribution in [2.45, 2.75) is 25.2 Å². The molecule has 1 aliphatic rings. The van der Waals surface area contributed by atoms with Gasteiger partial charge < -0.3 is 9.88 Å². The minimum atomic E-state index is -3.73. The molecule has 0 bridgehead atoms. The Hall–Kier alpha value is -2.98. The van der Waals surface area contributed by atoms with Crippen LogP contribution in [0.1, 0.15) is 28.2 Å². The molecular weight excluding hydrogens is 406 g/mol. The molecule has 0 saturated carbocycles. The molecule has 158 valence electrons. The number of rotatable bonds is 4. The van der Waals surface area contributed by atoms with E-state index >= 15 is 0 Å². The zero-order valence-electron chi connectivity index (χ0n) is 16.8. The first-order valence-corrected chi connectivity index (χ1v) is 11.2. The first kappa shape index (κ1) is 20.3. The van der Waals surface area contributed by atoms with Gasteiger partial charge in [0.2, 0.25) is 10.0 Å². The number of nitrogens with one attached hydrogen (secondary N) is 2. The molecule has 3 heterocycles. The van der Waals surface area contributed by atoms with E-state index in [1.54, 1.807) is 26.1 Å². The highest BCUT2D eigenvalue weighted by Crippen LogP contribution is 2.23. The fraction of sp³-hybridized carbons (Fsp3) is 0.350. The molecule has 1 aliphatic heterocycles. The molecule has 1 saturated heterocycles. The number of amides is 1. The van der Waals surface area contributed by atoms with Crippen LogP contribution in [0, 0.1) is 13.8 Å². The number of hydrogen-bond acceptors (Lipinski definition) is 5. The largest absolute Gasteiger partial charge is 0.360 e. The van der Waals surface area contributed by atoms with Crippen LogP contribution >= 0.6 is 0 Å². The summed E-state index contributed by atoms with van der Waals surface area (Å²) in [4.78, 5) is 30.3. The number of para-hydroxylation sites is 1. The van der Waals surface area contributed by atoms with Crippen LogP contribution in [0.15, 0.2) is 35.4 Å². The molecule has 0 radical (unpaired) electrons. The van der Waals surface area contributed by atoms with Gasteiger partial charge in [0.1, 0.15) is 4.90 Å². The highest BCUT2D eigenvalue weighted by atomic mass is 32.2. The molecule has 2 aromatic heterocycles. The Bertz CT molecular complexity index is 1210. The highest BCUT2D eigenvalue weighted by Gasteiger charge is 2.33. The lowest BCUT2D eigenvalue weighted by molar-refractivity contribution is -0.126. The second-order valence-electron chi connectivity index (χ2n) is 7.39. The van der Waals surface area contributed by atoms with E-state index < -0.39 is 21.7 Å². The summed E-state index contributed by atoms with van der Waals surface area (Å²) in [6.07, 6.45) is 1.99. The smallest absolute Gasteiger partial charge is 0.295 e. The topological polar surface area (TPSA) is 119 Å². The van der Waals surface area contributed by atoms with Crippen LogP contribution in [0.3, 0.4) is 0 Å². The average molecular weight is 430 g/mol. The minimum absolute atomic E-state index is 0.124. The SMILES string of the molecule is Cc1n[nH]c(C)c1S(=O)(=O)N1CCCN(C(=O)C(=O)c2c[nH]c3ccccc23)CC1. The summed E-state index contributed by atoms with van der Waals surface area (Å²) in [5.41, 5.74) is 2.01. The first-order valence-electron chi connectivity index (χ1n) is 9.72. The zero-order chi connectivity index (χ0) is 21.5. The summed E-state index contributed by atoms with van der Waals surface area (Å²) in [5, 5.41) is 7.37. The van der Waals surface area contributed by atoms with Gasteiger partial charge in [-0.25, -0.2) is 8.42 Å². The van der Waals surface area contributed by atoms with Gasteiger partial charge in [0.15, 0.2) is 0 Å². The Morgan fingerprint density at radius 2 is 1.83 bits per heavy atom. The first-order chi connectivity index (χ1) is 14.3. The maximum Gasteiger partial charge on any atom is 0.295 e. The standard InChI is InChI=1S/C20H23N5O4S/c1-13-19(14(2)23-22-13)30(28,29)25-9-5-8-24(10-11-25)20(27)18(26)16-12-21-17-7-4-3-6-15(16)17/h3-4,6-7,12,21H,5,8-11H2,1-2H3,(H,22,23). The zero-order valence-corrected chi connectivity index (χ0v) is 17.6. The Kier molecular flexibility index (Phi) is 5.20. The molecule has 1 amide bonds. The quantitative estimate of drug-likeness (QED) is 0.482. The molecule has 4 rings (SSSR count). The van der Waals surface area contributed by atoms with Crippen molar-refractivity contribution < 1.29 is 18.0 Å². The number of H-pyrrole nitrogens is 2. The number of aromatic nitrogens is 3. The number of carbonyl (C=O) groups excluding carboxylic acids is 2. The lowest BCUT2D eigenvalue weighted by Gasteiger charge is -2.21. The number of Topliss-reactive ketones (excluding diaryl/α,β-unsaturated/α-hetero) is 1. The van der Waals surface area contributed by atoms with E-state index in [4.69, 9.17) is 0 Å². The molecule has 0 atom stereocenters. The number of aryl methyl sites for hydroxylation is 2. The van der Waals surface area contributed by atoms with Crippen molar-refractivity contribution in [3.8, 4) is 0 Å². The third-order valence-corrected chi connectivity index (χ3v) is 7.59. The number of carbonyl (C=O) groups is 2. The van der Waals surface area contributed by atoms with Gasteiger partial charge >= 0.3 is 0 Å². The van der Waals surface area contributed by atoms with Gasteiger partial charge in [-0.05, 0) is 26.3 Å². The van der Waals surface area contributed by atoms with E-state index in [2.05, 4.69) is 15.2 Å². The van der Waals surface area contributed by atoms with Gasteiger partial charge in [0.25, 0.3) is 11.7 Å². The van der Waals surface area contributed by atoms with E-state index in [1.807, 2.05) is 18.2 Å². The van der Waals surface area contributed by atoms with Gasteiger partial charge in [-0.1, -0.05) is 18.2 Å². The molecule has 0 unspecified atom stereocenters. The van der Waals surface area contributed by atoms with Crippen LogP contribution in [0.25, 0.3) is 10.9 Å². The minimum Gasteiger partial charge on any atom is -0.360 e. The van der Waals surface area contributed by atoms with Crippen LogP contribution in [-0.2, 0) is 14.8 Å². The number of fused-ring (bicyclic) bond motifs is 1. The summed E-state index contributed by atoms with van der Waals surface area (Å²) < 4.78 is 27.5. The lowest BCUT2D eigenvalue weighted by atomic mass is 10.1. The Balaban J connectivity index is 1.51. The van der Waals surface area contributed by atoms with Crippen LogP contribution in [0.4, 0.5) is 0 Å².